The van der Waals surface area contributed by atoms with E-state index in [9.17, 15) is 9.18 Å². The standard InChI is InChI=1S/C20H14Cl2FN3OS/c21-12-9-13(22)11-16(10-12)26-20(28)25-15-7-5-14(6-8-15)24-19(27)17-3-1-2-4-18(17)23/h1-11H,(H,24,27)(H2,25,26,28). The van der Waals surface area contributed by atoms with Crippen LogP contribution in [0.2, 0.25) is 10.0 Å². The van der Waals surface area contributed by atoms with Gasteiger partial charge >= 0.3 is 0 Å². The molecule has 0 aliphatic heterocycles. The summed E-state index contributed by atoms with van der Waals surface area (Å²) >= 11 is 17.2. The topological polar surface area (TPSA) is 53.2 Å². The summed E-state index contributed by atoms with van der Waals surface area (Å²) in [5.41, 5.74) is 1.87. The van der Waals surface area contributed by atoms with Gasteiger partial charge < -0.3 is 16.0 Å². The van der Waals surface area contributed by atoms with Gasteiger partial charge in [0.2, 0.25) is 0 Å². The van der Waals surface area contributed by atoms with Crippen LogP contribution in [-0.4, -0.2) is 11.0 Å². The van der Waals surface area contributed by atoms with Gasteiger partial charge in [0.15, 0.2) is 5.11 Å². The van der Waals surface area contributed by atoms with Gasteiger partial charge in [-0.2, -0.15) is 0 Å². The Labute approximate surface area is 176 Å². The van der Waals surface area contributed by atoms with E-state index in [0.717, 1.165) is 0 Å². The second-order valence-corrected chi connectivity index (χ2v) is 7.03. The molecule has 0 aromatic heterocycles. The van der Waals surface area contributed by atoms with Gasteiger partial charge in [-0.15, -0.1) is 0 Å². The monoisotopic (exact) mass is 433 g/mol. The van der Waals surface area contributed by atoms with E-state index >= 15 is 0 Å². The molecule has 28 heavy (non-hydrogen) atoms. The number of rotatable bonds is 4. The summed E-state index contributed by atoms with van der Waals surface area (Å²) in [4.78, 5) is 12.1. The second kappa shape index (κ2) is 9.01. The van der Waals surface area contributed by atoms with Crippen LogP contribution >= 0.6 is 35.4 Å². The van der Waals surface area contributed by atoms with Crippen molar-refractivity contribution in [1.29, 1.82) is 0 Å². The lowest BCUT2D eigenvalue weighted by Gasteiger charge is -2.12. The number of amides is 1. The highest BCUT2D eigenvalue weighted by Gasteiger charge is 2.11. The van der Waals surface area contributed by atoms with E-state index in [1.54, 1.807) is 48.5 Å². The highest BCUT2D eigenvalue weighted by atomic mass is 35.5. The van der Waals surface area contributed by atoms with Crippen molar-refractivity contribution < 1.29 is 9.18 Å². The van der Waals surface area contributed by atoms with Gasteiger partial charge in [0, 0.05) is 27.1 Å². The zero-order valence-corrected chi connectivity index (χ0v) is 16.6. The Hall–Kier alpha value is -2.67. The number of benzene rings is 3. The molecular weight excluding hydrogens is 420 g/mol. The van der Waals surface area contributed by atoms with Gasteiger partial charge in [0.1, 0.15) is 5.82 Å². The molecule has 0 aliphatic rings. The molecule has 3 aromatic rings. The molecule has 0 radical (unpaired) electrons. The lowest BCUT2D eigenvalue weighted by atomic mass is 10.2. The van der Waals surface area contributed by atoms with Crippen LogP contribution in [0.4, 0.5) is 21.5 Å². The summed E-state index contributed by atoms with van der Waals surface area (Å²) in [5.74, 6) is -1.09. The van der Waals surface area contributed by atoms with E-state index in [1.165, 1.54) is 18.2 Å². The summed E-state index contributed by atoms with van der Waals surface area (Å²) in [6.07, 6.45) is 0. The van der Waals surface area contributed by atoms with Gasteiger partial charge in [-0.1, -0.05) is 35.3 Å². The van der Waals surface area contributed by atoms with Gasteiger partial charge in [-0.05, 0) is 66.8 Å². The fourth-order valence-electron chi connectivity index (χ4n) is 2.40. The Bertz CT molecular complexity index is 1010. The lowest BCUT2D eigenvalue weighted by molar-refractivity contribution is 0.102. The van der Waals surface area contributed by atoms with E-state index in [2.05, 4.69) is 16.0 Å². The quantitative estimate of drug-likeness (QED) is 0.429. The Kier molecular flexibility index (Phi) is 6.46. The van der Waals surface area contributed by atoms with E-state index in [-0.39, 0.29) is 5.56 Å². The molecule has 0 bridgehead atoms. The van der Waals surface area contributed by atoms with Crippen LogP contribution in [0, 0.1) is 5.82 Å². The first-order valence-electron chi connectivity index (χ1n) is 8.11. The molecule has 1 amide bonds. The fourth-order valence-corrected chi connectivity index (χ4v) is 3.16. The fraction of sp³-hybridized carbons (Fsp3) is 0. The maximum atomic E-state index is 13.7. The third-order valence-electron chi connectivity index (χ3n) is 3.64. The number of hydrogen-bond donors (Lipinski definition) is 3. The maximum Gasteiger partial charge on any atom is 0.258 e. The van der Waals surface area contributed by atoms with Crippen molar-refractivity contribution in [3.8, 4) is 0 Å². The minimum Gasteiger partial charge on any atom is -0.332 e. The molecule has 4 nitrogen and oxygen atoms in total. The zero-order chi connectivity index (χ0) is 20.1. The molecule has 0 saturated carbocycles. The first-order valence-corrected chi connectivity index (χ1v) is 9.27. The van der Waals surface area contributed by atoms with Crippen molar-refractivity contribution in [3.05, 3.63) is 88.2 Å². The molecule has 3 rings (SSSR count). The molecule has 0 atom stereocenters. The molecule has 0 unspecified atom stereocenters. The van der Waals surface area contributed by atoms with Crippen molar-refractivity contribution >= 4 is 63.5 Å². The molecule has 0 spiro atoms. The zero-order valence-electron chi connectivity index (χ0n) is 14.3. The van der Waals surface area contributed by atoms with Crippen molar-refractivity contribution in [3.63, 3.8) is 0 Å². The third-order valence-corrected chi connectivity index (χ3v) is 4.28. The number of carbonyl (C=O) groups excluding carboxylic acids is 1. The van der Waals surface area contributed by atoms with Gasteiger partial charge in [-0.3, -0.25) is 4.79 Å². The second-order valence-electron chi connectivity index (χ2n) is 5.75. The Morgan fingerprint density at radius 2 is 1.32 bits per heavy atom. The van der Waals surface area contributed by atoms with Crippen molar-refractivity contribution in [1.82, 2.24) is 0 Å². The Balaban J connectivity index is 1.60. The number of nitrogens with one attached hydrogen (secondary N) is 3. The molecule has 0 heterocycles. The van der Waals surface area contributed by atoms with Crippen molar-refractivity contribution in [2.24, 2.45) is 0 Å². The summed E-state index contributed by atoms with van der Waals surface area (Å²) in [7, 11) is 0. The number of halogens is 3. The van der Waals surface area contributed by atoms with Gasteiger partial charge in [0.25, 0.3) is 5.91 Å². The average Bonchev–Trinajstić information content (AvgIpc) is 2.62. The normalized spacial score (nSPS) is 10.2. The average molecular weight is 434 g/mol. The molecule has 0 aliphatic carbocycles. The molecule has 0 fully saturated rings. The van der Waals surface area contributed by atoms with Crippen LogP contribution in [0.5, 0.6) is 0 Å². The predicted octanol–water partition coefficient (Wildman–Crippen LogP) is 6.19. The lowest BCUT2D eigenvalue weighted by Crippen LogP contribution is -2.19. The summed E-state index contributed by atoms with van der Waals surface area (Å²) < 4.78 is 13.7. The number of hydrogen-bond acceptors (Lipinski definition) is 2. The van der Waals surface area contributed by atoms with Crippen LogP contribution in [0.15, 0.2) is 66.7 Å². The first-order chi connectivity index (χ1) is 13.4. The van der Waals surface area contributed by atoms with Crippen LogP contribution in [0.25, 0.3) is 0 Å². The maximum absolute atomic E-state index is 13.7. The van der Waals surface area contributed by atoms with Gasteiger partial charge in [0.05, 0.1) is 5.56 Å². The molecular formula is C20H14Cl2FN3OS. The van der Waals surface area contributed by atoms with Crippen molar-refractivity contribution in [2.45, 2.75) is 0 Å². The summed E-state index contributed by atoms with van der Waals surface area (Å²) in [5, 5.41) is 9.98. The predicted molar refractivity (Wildman–Crippen MR) is 117 cm³/mol. The van der Waals surface area contributed by atoms with E-state index in [1.807, 2.05) is 0 Å². The SMILES string of the molecule is O=C(Nc1ccc(NC(=S)Nc2cc(Cl)cc(Cl)c2)cc1)c1ccccc1F. The van der Waals surface area contributed by atoms with E-state index in [4.69, 9.17) is 35.4 Å². The summed E-state index contributed by atoms with van der Waals surface area (Å²) in [6, 6.07) is 17.6. The number of thiocarbonyl (C=S) groups is 1. The molecule has 8 heteroatoms. The highest BCUT2D eigenvalue weighted by molar-refractivity contribution is 7.80. The smallest absolute Gasteiger partial charge is 0.258 e. The van der Waals surface area contributed by atoms with Crippen LogP contribution in [-0.2, 0) is 0 Å². The molecule has 142 valence electrons. The highest BCUT2D eigenvalue weighted by Crippen LogP contribution is 2.23. The first kappa shape index (κ1) is 20.1. The Morgan fingerprint density at radius 1 is 0.786 bits per heavy atom. The van der Waals surface area contributed by atoms with Crippen LogP contribution in [0.3, 0.4) is 0 Å². The minimum absolute atomic E-state index is 0.0183. The van der Waals surface area contributed by atoms with Gasteiger partial charge in [-0.25, -0.2) is 4.39 Å². The largest absolute Gasteiger partial charge is 0.332 e. The van der Waals surface area contributed by atoms with Crippen LogP contribution < -0.4 is 16.0 Å². The molecule has 3 aromatic carbocycles. The van der Waals surface area contributed by atoms with E-state index in [0.29, 0.717) is 32.2 Å². The molecule has 3 N–H and O–H groups in total. The van der Waals surface area contributed by atoms with Crippen LogP contribution in [0.1, 0.15) is 10.4 Å². The van der Waals surface area contributed by atoms with Crippen molar-refractivity contribution in [2.75, 3.05) is 16.0 Å². The third kappa shape index (κ3) is 5.42. The summed E-state index contributed by atoms with van der Waals surface area (Å²) in [6.45, 7) is 0. The minimum atomic E-state index is -0.573. The Morgan fingerprint density at radius 3 is 1.93 bits per heavy atom. The number of anilines is 3. The number of carbonyl (C=O) groups is 1. The van der Waals surface area contributed by atoms with E-state index < -0.39 is 11.7 Å². The molecule has 0 saturated heterocycles.